The number of carbonyl (C=O) groups is 1. The molecular weight excluding hydrogens is 161 g/mol. The smallest absolute Gasteiger partial charge is 1.00 e. The molecule has 1 atom stereocenters. The van der Waals surface area contributed by atoms with E-state index >= 15 is 0 Å². The van der Waals surface area contributed by atoms with Gasteiger partial charge in [-0.15, -0.1) is 0 Å². The SMILES string of the molecule is CSCCC(N)C(=O)O.[H-].[Na+]. The van der Waals surface area contributed by atoms with Crippen LogP contribution in [-0.4, -0.2) is 29.1 Å². The molecule has 0 aliphatic rings. The summed E-state index contributed by atoms with van der Waals surface area (Å²) in [7, 11) is 0. The first kappa shape index (κ1) is 13.4. The summed E-state index contributed by atoms with van der Waals surface area (Å²) in [5.41, 5.74) is 5.19. The zero-order valence-electron chi connectivity index (χ0n) is 7.33. The van der Waals surface area contributed by atoms with E-state index in [4.69, 9.17) is 10.8 Å². The molecule has 5 heteroatoms. The molecule has 0 bridgehead atoms. The molecule has 0 amide bonds. The van der Waals surface area contributed by atoms with E-state index in [1.165, 1.54) is 0 Å². The van der Waals surface area contributed by atoms with Crippen molar-refractivity contribution in [2.75, 3.05) is 12.0 Å². The molecule has 1 unspecified atom stereocenters. The molecule has 0 saturated heterocycles. The second-order valence-corrected chi connectivity index (χ2v) is 2.71. The van der Waals surface area contributed by atoms with Crippen molar-refractivity contribution < 1.29 is 40.9 Å². The van der Waals surface area contributed by atoms with E-state index in [9.17, 15) is 4.79 Å². The molecular formula is C5H12NNaO2S. The Morgan fingerprint density at radius 3 is 2.70 bits per heavy atom. The molecule has 0 rings (SSSR count). The van der Waals surface area contributed by atoms with Gasteiger partial charge in [0.1, 0.15) is 6.04 Å². The number of thioether (sulfide) groups is 1. The Bertz CT molecular complexity index is 106. The molecule has 0 heterocycles. The number of nitrogens with two attached hydrogens (primary N) is 1. The maximum atomic E-state index is 10.1. The minimum atomic E-state index is -0.913. The van der Waals surface area contributed by atoms with Crippen LogP contribution in [-0.2, 0) is 4.79 Å². The van der Waals surface area contributed by atoms with Crippen LogP contribution in [0.4, 0.5) is 0 Å². The van der Waals surface area contributed by atoms with E-state index in [0.717, 1.165) is 5.75 Å². The molecule has 0 aromatic heterocycles. The van der Waals surface area contributed by atoms with Gasteiger partial charge >= 0.3 is 35.5 Å². The van der Waals surface area contributed by atoms with Crippen LogP contribution in [0.2, 0.25) is 0 Å². The number of hydrogen-bond acceptors (Lipinski definition) is 3. The van der Waals surface area contributed by atoms with Gasteiger partial charge in [0.15, 0.2) is 0 Å². The van der Waals surface area contributed by atoms with Gasteiger partial charge < -0.3 is 12.3 Å². The van der Waals surface area contributed by atoms with Crippen LogP contribution in [0.5, 0.6) is 0 Å². The maximum Gasteiger partial charge on any atom is 1.00 e. The number of hydrogen-bond donors (Lipinski definition) is 2. The number of rotatable bonds is 4. The second-order valence-electron chi connectivity index (χ2n) is 1.73. The summed E-state index contributed by atoms with van der Waals surface area (Å²) in [6.45, 7) is 0. The predicted molar refractivity (Wildman–Crippen MR) is 39.7 cm³/mol. The van der Waals surface area contributed by atoms with Gasteiger partial charge in [0, 0.05) is 0 Å². The first-order valence-corrected chi connectivity index (χ1v) is 4.05. The maximum absolute atomic E-state index is 10.1. The molecule has 0 aromatic carbocycles. The Morgan fingerprint density at radius 1 is 1.90 bits per heavy atom. The van der Waals surface area contributed by atoms with Gasteiger partial charge in [-0.25, -0.2) is 0 Å². The van der Waals surface area contributed by atoms with Crippen molar-refractivity contribution in [3.8, 4) is 0 Å². The van der Waals surface area contributed by atoms with E-state index < -0.39 is 12.0 Å². The number of aliphatic carboxylic acids is 1. The summed E-state index contributed by atoms with van der Waals surface area (Å²) in [5.74, 6) is -0.1000. The van der Waals surface area contributed by atoms with E-state index in [1.807, 2.05) is 6.26 Å². The third-order valence-corrected chi connectivity index (χ3v) is 1.59. The quantitative estimate of drug-likeness (QED) is 0.453. The predicted octanol–water partition coefficient (Wildman–Crippen LogP) is -2.73. The van der Waals surface area contributed by atoms with E-state index in [1.54, 1.807) is 11.8 Å². The molecule has 0 aliphatic carbocycles. The van der Waals surface area contributed by atoms with Crippen LogP contribution >= 0.6 is 11.8 Å². The van der Waals surface area contributed by atoms with Gasteiger partial charge in [0.05, 0.1) is 0 Å². The minimum absolute atomic E-state index is 0. The molecule has 0 spiro atoms. The summed E-state index contributed by atoms with van der Waals surface area (Å²) in [6, 6.07) is -0.683. The van der Waals surface area contributed by atoms with Crippen LogP contribution < -0.4 is 35.3 Å². The minimum Gasteiger partial charge on any atom is -1.00 e. The van der Waals surface area contributed by atoms with Gasteiger partial charge in [0.2, 0.25) is 0 Å². The Kier molecular flexibility index (Phi) is 10.5. The Labute approximate surface area is 88.5 Å². The summed E-state index contributed by atoms with van der Waals surface area (Å²) >= 11 is 1.60. The van der Waals surface area contributed by atoms with Crippen molar-refractivity contribution in [2.24, 2.45) is 5.73 Å². The third-order valence-electron chi connectivity index (χ3n) is 0.950. The molecule has 3 N–H and O–H groups in total. The molecule has 0 saturated carbocycles. The van der Waals surface area contributed by atoms with Crippen LogP contribution in [0, 0.1) is 0 Å². The second kappa shape index (κ2) is 7.88. The standard InChI is InChI=1S/C5H11NO2S.Na.H/c1-9-3-2-4(6)5(7)8;;/h4H,2-3,6H2,1H3,(H,7,8);;/q;+1;-1. The summed E-state index contributed by atoms with van der Waals surface area (Å²) in [6.07, 6.45) is 2.48. The van der Waals surface area contributed by atoms with Gasteiger partial charge in [0.25, 0.3) is 0 Å². The molecule has 3 nitrogen and oxygen atoms in total. The first-order chi connectivity index (χ1) is 4.18. The Morgan fingerprint density at radius 2 is 2.40 bits per heavy atom. The first-order valence-electron chi connectivity index (χ1n) is 2.65. The summed E-state index contributed by atoms with van der Waals surface area (Å²) in [4.78, 5) is 10.1. The average Bonchev–Trinajstić information content (AvgIpc) is 1.82. The topological polar surface area (TPSA) is 63.3 Å². The Hall–Kier alpha value is 0.780. The zero-order chi connectivity index (χ0) is 7.28. The Balaban J connectivity index is -0.000000320. The van der Waals surface area contributed by atoms with Gasteiger partial charge in [-0.1, -0.05) is 0 Å². The monoisotopic (exact) mass is 173 g/mol. The van der Waals surface area contributed by atoms with Crippen LogP contribution in [0.3, 0.4) is 0 Å². The van der Waals surface area contributed by atoms with Crippen molar-refractivity contribution in [3.63, 3.8) is 0 Å². The van der Waals surface area contributed by atoms with Gasteiger partial charge in [-0.2, -0.15) is 11.8 Å². The molecule has 0 aromatic rings. The van der Waals surface area contributed by atoms with Crippen molar-refractivity contribution in [2.45, 2.75) is 12.5 Å². The van der Waals surface area contributed by atoms with Crippen molar-refractivity contribution in [1.29, 1.82) is 0 Å². The van der Waals surface area contributed by atoms with Gasteiger partial charge in [-0.3, -0.25) is 4.79 Å². The summed E-state index contributed by atoms with van der Waals surface area (Å²) < 4.78 is 0. The van der Waals surface area contributed by atoms with Crippen LogP contribution in [0.1, 0.15) is 7.85 Å². The number of carboxylic acids is 1. The fraction of sp³-hybridized carbons (Fsp3) is 0.800. The molecule has 10 heavy (non-hydrogen) atoms. The summed E-state index contributed by atoms with van der Waals surface area (Å²) in [5, 5.41) is 8.27. The molecule has 0 aliphatic heterocycles. The van der Waals surface area contributed by atoms with Crippen molar-refractivity contribution >= 4 is 17.7 Å². The fourth-order valence-electron chi connectivity index (χ4n) is 0.368. The van der Waals surface area contributed by atoms with E-state index in [2.05, 4.69) is 0 Å². The van der Waals surface area contributed by atoms with Crippen LogP contribution in [0.25, 0.3) is 0 Å². The molecule has 0 fully saturated rings. The van der Waals surface area contributed by atoms with E-state index in [0.29, 0.717) is 6.42 Å². The molecule has 0 radical (unpaired) electrons. The van der Waals surface area contributed by atoms with Crippen LogP contribution in [0.15, 0.2) is 0 Å². The van der Waals surface area contributed by atoms with Crippen molar-refractivity contribution in [3.05, 3.63) is 0 Å². The van der Waals surface area contributed by atoms with E-state index in [-0.39, 0.29) is 31.0 Å². The molecule has 56 valence electrons. The normalized spacial score (nSPS) is 11.8. The zero-order valence-corrected chi connectivity index (χ0v) is 9.15. The largest absolute Gasteiger partial charge is 1.00 e. The van der Waals surface area contributed by atoms with Gasteiger partial charge in [-0.05, 0) is 18.4 Å². The average molecular weight is 173 g/mol. The number of carboxylic acid groups (broad SMARTS) is 1. The fourth-order valence-corrected chi connectivity index (χ4v) is 0.858. The van der Waals surface area contributed by atoms with Crippen molar-refractivity contribution in [1.82, 2.24) is 0 Å². The third kappa shape index (κ3) is 6.89.